The van der Waals surface area contributed by atoms with Crippen LogP contribution >= 0.6 is 0 Å². The van der Waals surface area contributed by atoms with Crippen molar-refractivity contribution in [2.75, 3.05) is 5.01 Å². The minimum Gasteiger partial charge on any atom is -0.296 e. The van der Waals surface area contributed by atoms with Crippen LogP contribution in [0.15, 0.2) is 53.3 Å². The summed E-state index contributed by atoms with van der Waals surface area (Å²) in [5.41, 5.74) is 3.51. The van der Waals surface area contributed by atoms with Gasteiger partial charge in [-0.25, -0.2) is 5.01 Å². The van der Waals surface area contributed by atoms with Crippen LogP contribution in [0.1, 0.15) is 32.3 Å². The van der Waals surface area contributed by atoms with Crippen molar-refractivity contribution in [1.29, 1.82) is 0 Å². The Balaban J connectivity index is 1.96. The van der Waals surface area contributed by atoms with Crippen LogP contribution in [-0.4, -0.2) is 10.7 Å². The lowest BCUT2D eigenvalue weighted by atomic mass is 10.0. The lowest BCUT2D eigenvalue weighted by Crippen LogP contribution is -2.25. The molecule has 2 aliphatic rings. The summed E-state index contributed by atoms with van der Waals surface area (Å²) in [6.45, 7) is 9.75. The van der Waals surface area contributed by atoms with E-state index in [0.29, 0.717) is 5.92 Å². The average molecular weight is 251 g/mol. The number of hydrogen-bond donors (Lipinski definition) is 0. The second kappa shape index (κ2) is 4.57. The normalized spacial score (nSPS) is 17.7. The molecule has 0 saturated carbocycles. The first kappa shape index (κ1) is 12.0. The van der Waals surface area contributed by atoms with E-state index in [-0.39, 0.29) is 0 Å². The maximum atomic E-state index is 4.61. The number of hydrogen-bond acceptors (Lipinski definition) is 3. The van der Waals surface area contributed by atoms with Crippen molar-refractivity contribution in [3.8, 4) is 0 Å². The van der Waals surface area contributed by atoms with E-state index in [4.69, 9.17) is 0 Å². The van der Waals surface area contributed by atoms with Crippen LogP contribution in [0.2, 0.25) is 0 Å². The summed E-state index contributed by atoms with van der Waals surface area (Å²) in [4.78, 5) is 1.98. The zero-order valence-corrected chi connectivity index (χ0v) is 11.5. The minimum atomic E-state index is 0.461. The van der Waals surface area contributed by atoms with Crippen molar-refractivity contribution in [2.24, 2.45) is 5.10 Å². The Labute approximate surface area is 114 Å². The fourth-order valence-corrected chi connectivity index (χ4v) is 2.31. The molecule has 0 atom stereocenters. The standard InChI is InChI=1S/C16H17N3/c1-12(2)14-8-4-5-9-15(14)19-11-18-13(3)7-6-10-16(18)17-19/h4-10,12H,1-3H3. The summed E-state index contributed by atoms with van der Waals surface area (Å²) in [7, 11) is 0. The topological polar surface area (TPSA) is 18.8 Å². The molecule has 0 N–H and O–H groups in total. The van der Waals surface area contributed by atoms with Crippen LogP contribution < -0.4 is 5.01 Å². The third-order valence-corrected chi connectivity index (χ3v) is 3.35. The first-order valence-corrected chi connectivity index (χ1v) is 6.56. The number of fused-ring (bicyclic) bond motifs is 1. The number of anilines is 1. The van der Waals surface area contributed by atoms with E-state index in [0.717, 1.165) is 17.2 Å². The van der Waals surface area contributed by atoms with Gasteiger partial charge in [-0.05, 0) is 36.6 Å². The minimum absolute atomic E-state index is 0.461. The largest absolute Gasteiger partial charge is 0.296 e. The molecular weight excluding hydrogens is 234 g/mol. The van der Waals surface area contributed by atoms with Gasteiger partial charge in [-0.2, -0.15) is 5.10 Å². The Morgan fingerprint density at radius 3 is 2.74 bits per heavy atom. The van der Waals surface area contributed by atoms with Crippen LogP contribution in [0.25, 0.3) is 0 Å². The third kappa shape index (κ3) is 2.05. The van der Waals surface area contributed by atoms with Gasteiger partial charge in [-0.15, -0.1) is 0 Å². The average Bonchev–Trinajstić information content (AvgIpc) is 2.84. The predicted molar refractivity (Wildman–Crippen MR) is 78.4 cm³/mol. The second-order valence-corrected chi connectivity index (χ2v) is 5.09. The van der Waals surface area contributed by atoms with E-state index in [1.807, 2.05) is 28.1 Å². The maximum absolute atomic E-state index is 4.61. The van der Waals surface area contributed by atoms with Crippen molar-refractivity contribution in [1.82, 2.24) is 4.90 Å². The smallest absolute Gasteiger partial charge is 0.237 e. The van der Waals surface area contributed by atoms with Crippen LogP contribution in [0.4, 0.5) is 5.69 Å². The van der Waals surface area contributed by atoms with Crippen molar-refractivity contribution in [3.05, 3.63) is 60.4 Å². The highest BCUT2D eigenvalue weighted by Crippen LogP contribution is 2.32. The van der Waals surface area contributed by atoms with Gasteiger partial charge in [0.25, 0.3) is 0 Å². The first-order chi connectivity index (χ1) is 9.16. The van der Waals surface area contributed by atoms with Crippen molar-refractivity contribution in [3.63, 3.8) is 0 Å². The van der Waals surface area contributed by atoms with Crippen molar-refractivity contribution < 1.29 is 0 Å². The SMILES string of the molecule is CC1=CC=CC2=NN(c3ccccc3C(C)C)[C]N12. The van der Waals surface area contributed by atoms with Gasteiger partial charge in [0.05, 0.1) is 5.69 Å². The van der Waals surface area contributed by atoms with Gasteiger partial charge >= 0.3 is 0 Å². The fraction of sp³-hybridized carbons (Fsp3) is 0.250. The summed E-state index contributed by atoms with van der Waals surface area (Å²) in [5, 5.41) is 6.46. The Morgan fingerprint density at radius 1 is 1.21 bits per heavy atom. The Hall–Kier alpha value is -2.03. The van der Waals surface area contributed by atoms with Gasteiger partial charge in [0.1, 0.15) is 0 Å². The number of hydrazone groups is 1. The molecule has 2 radical (unpaired) electrons. The molecule has 96 valence electrons. The first-order valence-electron chi connectivity index (χ1n) is 6.56. The van der Waals surface area contributed by atoms with Gasteiger partial charge in [-0.1, -0.05) is 38.1 Å². The van der Waals surface area contributed by atoms with Crippen LogP contribution in [0.5, 0.6) is 0 Å². The van der Waals surface area contributed by atoms with Crippen LogP contribution in [-0.2, 0) is 0 Å². The summed E-state index contributed by atoms with van der Waals surface area (Å²) < 4.78 is 0. The van der Waals surface area contributed by atoms with E-state index in [9.17, 15) is 0 Å². The molecule has 0 amide bonds. The number of para-hydroxylation sites is 1. The number of allylic oxidation sites excluding steroid dienone is 3. The number of benzene rings is 1. The molecule has 19 heavy (non-hydrogen) atoms. The van der Waals surface area contributed by atoms with Gasteiger partial charge in [0.2, 0.25) is 6.67 Å². The van der Waals surface area contributed by atoms with Crippen molar-refractivity contribution in [2.45, 2.75) is 26.7 Å². The fourth-order valence-electron chi connectivity index (χ4n) is 2.31. The molecule has 0 spiro atoms. The van der Waals surface area contributed by atoms with E-state index in [1.54, 1.807) is 0 Å². The number of rotatable bonds is 2. The summed E-state index contributed by atoms with van der Waals surface area (Å²) >= 11 is 0. The molecule has 0 unspecified atom stereocenters. The lowest BCUT2D eigenvalue weighted by Gasteiger charge is -2.22. The molecule has 0 aliphatic carbocycles. The zero-order valence-electron chi connectivity index (χ0n) is 11.5. The lowest BCUT2D eigenvalue weighted by molar-refractivity contribution is 0.629. The molecule has 3 nitrogen and oxygen atoms in total. The van der Waals surface area contributed by atoms with Gasteiger partial charge in [-0.3, -0.25) is 4.90 Å². The molecule has 3 heteroatoms. The van der Waals surface area contributed by atoms with Gasteiger partial charge in [0.15, 0.2) is 5.84 Å². The molecule has 0 aromatic heterocycles. The monoisotopic (exact) mass is 251 g/mol. The molecule has 0 bridgehead atoms. The van der Waals surface area contributed by atoms with Gasteiger partial charge in [0, 0.05) is 5.70 Å². The molecule has 1 aromatic carbocycles. The molecule has 1 aromatic rings. The van der Waals surface area contributed by atoms with E-state index >= 15 is 0 Å². The number of nitrogens with zero attached hydrogens (tertiary/aromatic N) is 3. The highest BCUT2D eigenvalue weighted by atomic mass is 15.6. The van der Waals surface area contributed by atoms with Crippen LogP contribution in [0.3, 0.4) is 0 Å². The Bertz CT molecular complexity index is 581. The zero-order chi connectivity index (χ0) is 13.4. The molecule has 2 heterocycles. The highest BCUT2D eigenvalue weighted by Gasteiger charge is 2.28. The maximum Gasteiger partial charge on any atom is 0.237 e. The summed E-state index contributed by atoms with van der Waals surface area (Å²) in [6, 6.07) is 8.35. The van der Waals surface area contributed by atoms with Crippen molar-refractivity contribution >= 4 is 11.5 Å². The molecule has 0 saturated heterocycles. The number of amidine groups is 1. The second-order valence-electron chi connectivity index (χ2n) is 5.09. The summed E-state index contributed by atoms with van der Waals surface area (Å²) in [6.07, 6.45) is 6.08. The summed E-state index contributed by atoms with van der Waals surface area (Å²) in [5.74, 6) is 1.38. The Kier molecular flexibility index (Phi) is 2.90. The van der Waals surface area contributed by atoms with Crippen LogP contribution in [0, 0.1) is 6.67 Å². The molecule has 3 rings (SSSR count). The van der Waals surface area contributed by atoms with E-state index in [1.165, 1.54) is 5.56 Å². The predicted octanol–water partition coefficient (Wildman–Crippen LogP) is 3.72. The van der Waals surface area contributed by atoms with E-state index < -0.39 is 0 Å². The molecule has 0 fully saturated rings. The highest BCUT2D eigenvalue weighted by molar-refractivity contribution is 5.98. The quantitative estimate of drug-likeness (QED) is 0.797. The van der Waals surface area contributed by atoms with Gasteiger partial charge < -0.3 is 0 Å². The third-order valence-electron chi connectivity index (χ3n) is 3.35. The molecular formula is C16H17N3. The Morgan fingerprint density at radius 2 is 2.00 bits per heavy atom. The van der Waals surface area contributed by atoms with E-state index in [2.05, 4.69) is 56.8 Å². The molecule has 2 aliphatic heterocycles.